The number of likely N-dealkylation sites (N-methyl/N-ethyl adjacent to an activating group) is 1. The van der Waals surface area contributed by atoms with Crippen LogP contribution in [0.25, 0.3) is 0 Å². The Balaban J connectivity index is 2.04. The lowest BCUT2D eigenvalue weighted by molar-refractivity contribution is -0.120. The Bertz CT molecular complexity index is 803. The summed E-state index contributed by atoms with van der Waals surface area (Å²) in [5.41, 5.74) is 0.574. The highest BCUT2D eigenvalue weighted by atomic mass is 35.5. The zero-order valence-electron chi connectivity index (χ0n) is 12.7. The predicted octanol–water partition coefficient (Wildman–Crippen LogP) is 2.79. The Kier molecular flexibility index (Phi) is 5.28. The first-order valence-corrected chi connectivity index (χ1v) is 9.00. The molecule has 0 N–H and O–H groups in total. The fourth-order valence-corrected chi connectivity index (χ4v) is 2.68. The number of carbonyl (C=O) groups is 1. The van der Waals surface area contributed by atoms with Gasteiger partial charge < -0.3 is 9.64 Å². The van der Waals surface area contributed by atoms with Crippen LogP contribution in [0.4, 0.5) is 5.69 Å². The molecule has 0 spiro atoms. The highest BCUT2D eigenvalue weighted by Gasteiger charge is 2.14. The minimum absolute atomic E-state index is 0.173. The van der Waals surface area contributed by atoms with Gasteiger partial charge in [-0.1, -0.05) is 23.7 Å². The van der Waals surface area contributed by atoms with Crippen LogP contribution in [0.2, 0.25) is 5.02 Å². The zero-order chi connectivity index (χ0) is 17.0. The van der Waals surface area contributed by atoms with Gasteiger partial charge in [0.05, 0.1) is 9.92 Å². The highest BCUT2D eigenvalue weighted by molar-refractivity contribution is 7.90. The second kappa shape index (κ2) is 7.02. The van der Waals surface area contributed by atoms with E-state index in [1.807, 2.05) is 0 Å². The fourth-order valence-electron chi connectivity index (χ4n) is 1.86. The fraction of sp³-hybridized carbons (Fsp3) is 0.188. The molecule has 122 valence electrons. The first kappa shape index (κ1) is 17.3. The number of anilines is 1. The van der Waals surface area contributed by atoms with E-state index in [4.69, 9.17) is 16.3 Å². The Labute approximate surface area is 140 Å². The average Bonchev–Trinajstić information content (AvgIpc) is 2.52. The molecule has 0 radical (unpaired) electrons. The van der Waals surface area contributed by atoms with Gasteiger partial charge in [0.1, 0.15) is 5.75 Å². The van der Waals surface area contributed by atoms with Crippen molar-refractivity contribution >= 4 is 33.0 Å². The van der Waals surface area contributed by atoms with Crippen LogP contribution < -0.4 is 9.64 Å². The maximum atomic E-state index is 12.1. The summed E-state index contributed by atoms with van der Waals surface area (Å²) >= 11 is 5.96. The van der Waals surface area contributed by atoms with Gasteiger partial charge in [-0.25, -0.2) is 8.42 Å². The van der Waals surface area contributed by atoms with E-state index >= 15 is 0 Å². The molecule has 2 aromatic rings. The second-order valence-corrected chi connectivity index (χ2v) is 7.36. The van der Waals surface area contributed by atoms with Crippen molar-refractivity contribution in [2.45, 2.75) is 4.90 Å². The first-order valence-electron chi connectivity index (χ1n) is 6.73. The van der Waals surface area contributed by atoms with E-state index in [2.05, 4.69) is 0 Å². The lowest BCUT2D eigenvalue weighted by atomic mass is 10.3. The maximum absolute atomic E-state index is 12.1. The molecule has 0 fully saturated rings. The summed E-state index contributed by atoms with van der Waals surface area (Å²) in [6.45, 7) is -0.173. The third kappa shape index (κ3) is 4.46. The number of carbonyl (C=O) groups excluding carboxylic acids is 1. The molecule has 0 aliphatic carbocycles. The Hall–Kier alpha value is -2.05. The van der Waals surface area contributed by atoms with E-state index in [1.54, 1.807) is 43.4 Å². The summed E-state index contributed by atoms with van der Waals surface area (Å²) in [7, 11) is -1.67. The van der Waals surface area contributed by atoms with E-state index in [-0.39, 0.29) is 17.4 Å². The van der Waals surface area contributed by atoms with Crippen molar-refractivity contribution in [1.82, 2.24) is 0 Å². The molecule has 0 unspecified atom stereocenters. The van der Waals surface area contributed by atoms with Gasteiger partial charge in [0, 0.05) is 19.0 Å². The summed E-state index contributed by atoms with van der Waals surface area (Å²) in [5, 5.41) is 0.431. The van der Waals surface area contributed by atoms with Crippen LogP contribution in [0.1, 0.15) is 0 Å². The molecule has 2 rings (SSSR count). The maximum Gasteiger partial charge on any atom is 0.264 e. The summed E-state index contributed by atoms with van der Waals surface area (Å²) < 4.78 is 28.3. The van der Waals surface area contributed by atoms with E-state index in [0.29, 0.717) is 16.5 Å². The van der Waals surface area contributed by atoms with Gasteiger partial charge in [0.25, 0.3) is 5.91 Å². The van der Waals surface area contributed by atoms with Crippen LogP contribution in [0, 0.1) is 0 Å². The van der Waals surface area contributed by atoms with Gasteiger partial charge in [0.2, 0.25) is 0 Å². The van der Waals surface area contributed by atoms with Gasteiger partial charge in [-0.2, -0.15) is 0 Å². The number of amides is 1. The first-order chi connectivity index (χ1) is 10.8. The molecule has 0 heterocycles. The van der Waals surface area contributed by atoms with Crippen LogP contribution in [-0.4, -0.2) is 34.2 Å². The number of hydrogen-bond donors (Lipinski definition) is 0. The molecule has 0 saturated carbocycles. The number of hydrogen-bond acceptors (Lipinski definition) is 4. The topological polar surface area (TPSA) is 63.7 Å². The predicted molar refractivity (Wildman–Crippen MR) is 89.9 cm³/mol. The summed E-state index contributed by atoms with van der Waals surface area (Å²) in [5.74, 6) is 0.153. The number of benzene rings is 2. The quantitative estimate of drug-likeness (QED) is 0.829. The zero-order valence-corrected chi connectivity index (χ0v) is 14.3. The number of halogens is 1. The van der Waals surface area contributed by atoms with E-state index in [1.165, 1.54) is 17.0 Å². The Morgan fingerprint density at radius 3 is 2.30 bits per heavy atom. The molecular weight excluding hydrogens is 338 g/mol. The standard InChI is InChI=1S/C16H16ClNO4S/c1-18(12-7-9-13(10-8-12)23(2,20)21)16(19)11-22-15-6-4-3-5-14(15)17/h3-10H,11H2,1-2H3. The van der Waals surface area contributed by atoms with Crippen molar-refractivity contribution in [3.8, 4) is 5.75 Å². The number of rotatable bonds is 5. The molecule has 0 aromatic heterocycles. The molecule has 7 heteroatoms. The third-order valence-electron chi connectivity index (χ3n) is 3.21. The molecule has 0 atom stereocenters. The van der Waals surface area contributed by atoms with Gasteiger partial charge >= 0.3 is 0 Å². The summed E-state index contributed by atoms with van der Waals surface area (Å²) in [6, 6.07) is 13.0. The molecule has 1 amide bonds. The van der Waals surface area contributed by atoms with E-state index in [0.717, 1.165) is 6.26 Å². The van der Waals surface area contributed by atoms with E-state index < -0.39 is 9.84 Å². The van der Waals surface area contributed by atoms with Gasteiger partial charge in [-0.05, 0) is 36.4 Å². The monoisotopic (exact) mass is 353 g/mol. The largest absolute Gasteiger partial charge is 0.482 e. The summed E-state index contributed by atoms with van der Waals surface area (Å²) in [4.78, 5) is 13.7. The number of nitrogens with zero attached hydrogens (tertiary/aromatic N) is 1. The molecular formula is C16H16ClNO4S. The lowest BCUT2D eigenvalue weighted by Crippen LogP contribution is -2.31. The van der Waals surface area contributed by atoms with Crippen molar-refractivity contribution in [2.24, 2.45) is 0 Å². The lowest BCUT2D eigenvalue weighted by Gasteiger charge is -2.18. The van der Waals surface area contributed by atoms with E-state index in [9.17, 15) is 13.2 Å². The Morgan fingerprint density at radius 2 is 1.74 bits per heavy atom. The normalized spacial score (nSPS) is 11.1. The highest BCUT2D eigenvalue weighted by Crippen LogP contribution is 2.23. The van der Waals surface area contributed by atoms with Crippen molar-refractivity contribution in [1.29, 1.82) is 0 Å². The van der Waals surface area contributed by atoms with Crippen molar-refractivity contribution in [3.05, 3.63) is 53.6 Å². The molecule has 2 aromatic carbocycles. The minimum Gasteiger partial charge on any atom is -0.482 e. The van der Waals surface area contributed by atoms with Gasteiger partial charge in [0.15, 0.2) is 16.4 Å². The number of sulfone groups is 1. The molecule has 0 aliphatic heterocycles. The van der Waals surface area contributed by atoms with Crippen LogP contribution in [0.15, 0.2) is 53.4 Å². The van der Waals surface area contributed by atoms with Gasteiger partial charge in [-0.15, -0.1) is 0 Å². The third-order valence-corrected chi connectivity index (χ3v) is 4.65. The van der Waals surface area contributed by atoms with Crippen LogP contribution in [-0.2, 0) is 14.6 Å². The van der Waals surface area contributed by atoms with Crippen molar-refractivity contribution in [3.63, 3.8) is 0 Å². The van der Waals surface area contributed by atoms with Crippen molar-refractivity contribution < 1.29 is 17.9 Å². The molecule has 0 aliphatic rings. The minimum atomic E-state index is -3.26. The molecule has 23 heavy (non-hydrogen) atoms. The summed E-state index contributed by atoms with van der Waals surface area (Å²) in [6.07, 6.45) is 1.13. The smallest absolute Gasteiger partial charge is 0.264 e. The van der Waals surface area contributed by atoms with Crippen LogP contribution in [0.5, 0.6) is 5.75 Å². The van der Waals surface area contributed by atoms with Crippen LogP contribution >= 0.6 is 11.6 Å². The van der Waals surface area contributed by atoms with Crippen molar-refractivity contribution in [2.75, 3.05) is 24.8 Å². The van der Waals surface area contributed by atoms with Crippen LogP contribution in [0.3, 0.4) is 0 Å². The second-order valence-electron chi connectivity index (χ2n) is 4.94. The SMILES string of the molecule is CN(C(=O)COc1ccccc1Cl)c1ccc(S(C)(=O)=O)cc1. The molecule has 0 bridgehead atoms. The number of para-hydroxylation sites is 1. The number of ether oxygens (including phenoxy) is 1. The molecule has 5 nitrogen and oxygen atoms in total. The Morgan fingerprint density at radius 1 is 1.13 bits per heavy atom. The molecule has 0 saturated heterocycles. The van der Waals surface area contributed by atoms with Gasteiger partial charge in [-0.3, -0.25) is 4.79 Å². The average molecular weight is 354 g/mol.